The van der Waals surface area contributed by atoms with Crippen molar-refractivity contribution < 1.29 is 15.2 Å². The zero-order valence-electron chi connectivity index (χ0n) is 15.9. The normalized spacial score (nSPS) is 9.70. The number of hydrogen-bond acceptors (Lipinski definition) is 4. The van der Waals surface area contributed by atoms with Crippen molar-refractivity contribution in [3.8, 4) is 0 Å². The van der Waals surface area contributed by atoms with Crippen LogP contribution in [-0.4, -0.2) is 28.5 Å². The summed E-state index contributed by atoms with van der Waals surface area (Å²) >= 11 is 0. The number of rotatable bonds is 5. The molecular formula is C17H46N4O2. The molecule has 1 rings (SSSR count). The number of nitrogen functional groups attached to an aromatic ring is 1. The summed E-state index contributed by atoms with van der Waals surface area (Å²) in [4.78, 5) is 4.37. The Morgan fingerprint density at radius 3 is 1.91 bits per heavy atom. The quantitative estimate of drug-likeness (QED) is 0.756. The lowest BCUT2D eigenvalue weighted by atomic mass is 10.1. The molecule has 0 fully saturated rings. The molecule has 0 amide bonds. The smallest absolute Gasteiger partial charge is 0.126 e. The van der Waals surface area contributed by atoms with Crippen molar-refractivity contribution >= 4 is 11.5 Å². The molecule has 0 radical (unpaired) electrons. The molecule has 146 valence electrons. The molecule has 0 saturated heterocycles. The van der Waals surface area contributed by atoms with E-state index in [9.17, 15) is 0 Å². The third kappa shape index (κ3) is 16.8. The number of pyridine rings is 1. The van der Waals surface area contributed by atoms with E-state index in [0.29, 0.717) is 12.6 Å². The molecule has 1 aromatic rings. The van der Waals surface area contributed by atoms with Crippen LogP contribution in [0.15, 0.2) is 12.1 Å². The van der Waals surface area contributed by atoms with E-state index < -0.39 is 0 Å². The Kier molecular flexibility index (Phi) is 26.6. The number of nitrogens with two attached hydrogens (primary N) is 2. The Bertz CT molecular complexity index is 361. The summed E-state index contributed by atoms with van der Waals surface area (Å²) in [5.74, 6) is 0.877. The second kappa shape index (κ2) is 20.6. The molecule has 0 saturated carbocycles. The van der Waals surface area contributed by atoms with E-state index in [4.69, 9.17) is 11.5 Å². The highest BCUT2D eigenvalue weighted by molar-refractivity contribution is 5.49. The van der Waals surface area contributed by atoms with Gasteiger partial charge in [-0.25, -0.2) is 4.98 Å². The van der Waals surface area contributed by atoms with Crippen molar-refractivity contribution in [2.45, 2.75) is 73.3 Å². The van der Waals surface area contributed by atoms with Crippen molar-refractivity contribution in [2.75, 3.05) is 17.6 Å². The van der Waals surface area contributed by atoms with Gasteiger partial charge in [0.25, 0.3) is 0 Å². The van der Waals surface area contributed by atoms with Crippen LogP contribution in [0.1, 0.15) is 70.3 Å². The van der Waals surface area contributed by atoms with Crippen molar-refractivity contribution in [3.05, 3.63) is 17.8 Å². The molecule has 0 aliphatic carbocycles. The topological polar surface area (TPSA) is 140 Å². The molecule has 6 nitrogen and oxygen atoms in total. The van der Waals surface area contributed by atoms with Gasteiger partial charge in [-0.3, -0.25) is 0 Å². The first-order valence-electron chi connectivity index (χ1n) is 8.20. The molecule has 0 aliphatic heterocycles. The van der Waals surface area contributed by atoms with Gasteiger partial charge in [0.05, 0.1) is 11.4 Å². The van der Waals surface area contributed by atoms with Crippen molar-refractivity contribution in [1.29, 1.82) is 0 Å². The van der Waals surface area contributed by atoms with Gasteiger partial charge in [-0.2, -0.15) is 0 Å². The van der Waals surface area contributed by atoms with Crippen molar-refractivity contribution in [2.24, 2.45) is 5.73 Å². The average molecular weight is 339 g/mol. The minimum Gasteiger partial charge on any atom is -0.412 e. The highest BCUT2D eigenvalue weighted by Gasteiger charge is 2.06. The number of aromatic nitrogens is 1. The molecule has 9 N–H and O–H groups in total. The minimum atomic E-state index is 0. The van der Waals surface area contributed by atoms with Crippen LogP contribution in [0.4, 0.5) is 11.5 Å². The van der Waals surface area contributed by atoms with Gasteiger partial charge in [-0.15, -0.1) is 0 Å². The van der Waals surface area contributed by atoms with Crippen LogP contribution < -0.4 is 16.8 Å². The fraction of sp³-hybridized carbons (Fsp3) is 0.706. The lowest BCUT2D eigenvalue weighted by Gasteiger charge is -2.17. The van der Waals surface area contributed by atoms with Gasteiger partial charge < -0.3 is 27.7 Å². The fourth-order valence-electron chi connectivity index (χ4n) is 1.44. The molecule has 23 heavy (non-hydrogen) atoms. The largest absolute Gasteiger partial charge is 0.412 e. The molecule has 0 aliphatic rings. The van der Waals surface area contributed by atoms with Gasteiger partial charge in [0.1, 0.15) is 5.82 Å². The highest BCUT2D eigenvalue weighted by Crippen LogP contribution is 2.14. The Morgan fingerprint density at radius 2 is 1.57 bits per heavy atom. The SMILES string of the molecule is CCC.CCC.CCC(CCN)Nc1ccc(N)c(C)n1.O.O.[HH].[HH].[HH]. The predicted molar refractivity (Wildman–Crippen MR) is 110 cm³/mol. The van der Waals surface area contributed by atoms with Gasteiger partial charge in [-0.1, -0.05) is 47.5 Å². The van der Waals surface area contributed by atoms with Gasteiger partial charge in [0.2, 0.25) is 0 Å². The maximum absolute atomic E-state index is 5.70. The van der Waals surface area contributed by atoms with Crippen LogP contribution >= 0.6 is 0 Å². The van der Waals surface area contributed by atoms with Gasteiger partial charge >= 0.3 is 0 Å². The van der Waals surface area contributed by atoms with Crippen LogP contribution in [-0.2, 0) is 0 Å². The first-order valence-corrected chi connectivity index (χ1v) is 8.20. The Hall–Kier alpha value is -1.37. The van der Waals surface area contributed by atoms with E-state index in [1.807, 2.05) is 19.1 Å². The number of nitrogens with zero attached hydrogens (tertiary/aromatic N) is 1. The maximum Gasteiger partial charge on any atom is 0.126 e. The van der Waals surface area contributed by atoms with E-state index in [2.05, 4.69) is 44.9 Å². The third-order valence-electron chi connectivity index (χ3n) is 2.49. The monoisotopic (exact) mass is 338 g/mol. The second-order valence-corrected chi connectivity index (χ2v) is 5.11. The molecule has 0 aromatic carbocycles. The van der Waals surface area contributed by atoms with Crippen LogP contribution in [0.2, 0.25) is 0 Å². The summed E-state index contributed by atoms with van der Waals surface area (Å²) in [5, 5.41) is 3.35. The number of aryl methyl sites for hydroxylation is 1. The summed E-state index contributed by atoms with van der Waals surface area (Å²) < 4.78 is 0. The maximum atomic E-state index is 5.70. The predicted octanol–water partition coefficient (Wildman–Crippen LogP) is 3.43. The Balaban J connectivity index is -0.0000000584. The standard InChI is InChI=1S/C11H20N4.2C3H8.2H2O.3H2/c1-3-9(6-7-12)15-11-5-4-10(13)8(2)14-11;2*1-3-2;;;;;/h4-5,9H,3,6-7,12-13H2,1-2H3,(H,14,15);2*3H2,1-2H3;2*1H2;3*1H. The van der Waals surface area contributed by atoms with E-state index >= 15 is 0 Å². The third-order valence-corrected chi connectivity index (χ3v) is 2.49. The summed E-state index contributed by atoms with van der Waals surface area (Å²) in [5.41, 5.74) is 12.8. The highest BCUT2D eigenvalue weighted by atomic mass is 16.0. The summed E-state index contributed by atoms with van der Waals surface area (Å²) in [6.45, 7) is 13.2. The number of anilines is 2. The zero-order chi connectivity index (χ0) is 16.7. The molecule has 6 heteroatoms. The lowest BCUT2D eigenvalue weighted by Crippen LogP contribution is -2.22. The molecule has 1 heterocycles. The first-order chi connectivity index (χ1) is 10.00. The van der Waals surface area contributed by atoms with Gasteiger partial charge in [-0.05, 0) is 38.4 Å². The Morgan fingerprint density at radius 1 is 1.09 bits per heavy atom. The second-order valence-electron chi connectivity index (χ2n) is 5.11. The molecule has 1 unspecified atom stereocenters. The summed E-state index contributed by atoms with van der Waals surface area (Å²) in [7, 11) is 0. The van der Waals surface area contributed by atoms with Crippen molar-refractivity contribution in [1.82, 2.24) is 4.98 Å². The molecule has 0 bridgehead atoms. The van der Waals surface area contributed by atoms with Crippen LogP contribution in [0.25, 0.3) is 0 Å². The molecule has 1 aromatic heterocycles. The molecule has 0 spiro atoms. The van der Waals surface area contributed by atoms with E-state index in [0.717, 1.165) is 30.0 Å². The van der Waals surface area contributed by atoms with Crippen molar-refractivity contribution in [3.63, 3.8) is 0 Å². The average Bonchev–Trinajstić information content (AvgIpc) is 2.44. The molecule has 1 atom stereocenters. The number of nitrogens with one attached hydrogen (secondary N) is 1. The van der Waals surface area contributed by atoms with Crippen LogP contribution in [0, 0.1) is 6.92 Å². The van der Waals surface area contributed by atoms with E-state index in [1.165, 1.54) is 12.8 Å². The van der Waals surface area contributed by atoms with Gasteiger partial charge in [0, 0.05) is 10.3 Å². The lowest BCUT2D eigenvalue weighted by molar-refractivity contribution is 0.639. The van der Waals surface area contributed by atoms with Crippen LogP contribution in [0.3, 0.4) is 0 Å². The Labute approximate surface area is 147 Å². The summed E-state index contributed by atoms with van der Waals surface area (Å²) in [6, 6.07) is 4.17. The number of hydrogen-bond donors (Lipinski definition) is 3. The molecular weight excluding hydrogens is 292 g/mol. The van der Waals surface area contributed by atoms with E-state index in [-0.39, 0.29) is 15.2 Å². The van der Waals surface area contributed by atoms with Crippen LogP contribution in [0.5, 0.6) is 0 Å². The van der Waals surface area contributed by atoms with Gasteiger partial charge in [0.15, 0.2) is 0 Å². The zero-order valence-corrected chi connectivity index (χ0v) is 15.9. The first kappa shape index (κ1) is 29.6. The summed E-state index contributed by atoms with van der Waals surface area (Å²) in [6.07, 6.45) is 4.50. The minimum absolute atomic E-state index is 0. The van der Waals surface area contributed by atoms with E-state index in [1.54, 1.807) is 0 Å². The fourth-order valence-corrected chi connectivity index (χ4v) is 1.44.